The van der Waals surface area contributed by atoms with E-state index in [1.165, 1.54) is 0 Å². The number of hydrogen-bond donors (Lipinski definition) is 2. The van der Waals surface area contributed by atoms with Gasteiger partial charge in [0.2, 0.25) is 5.95 Å². The van der Waals surface area contributed by atoms with Crippen LogP contribution in [0.15, 0.2) is 48.8 Å². The Balaban J connectivity index is 1.57. The van der Waals surface area contributed by atoms with E-state index < -0.39 is 0 Å². The molecule has 0 aliphatic rings. The first-order valence-electron chi connectivity index (χ1n) is 10.1. The summed E-state index contributed by atoms with van der Waals surface area (Å²) in [4.78, 5) is 15.9. The summed E-state index contributed by atoms with van der Waals surface area (Å²) in [6.45, 7) is 9.96. The zero-order chi connectivity index (χ0) is 19.8. The monoisotopic (exact) mass is 378 g/mol. The Kier molecular flexibility index (Phi) is 7.14. The van der Waals surface area contributed by atoms with Crippen LogP contribution in [-0.4, -0.2) is 45.5 Å². The molecule has 0 saturated heterocycles. The standard InChI is InChI=1S/C22H30N6/c1-4-28(5-2)14-8-9-17(3)25-22-23-13-12-21(27-22)26-19-15-18-10-6-7-11-20(18)24-16-19/h6-7,10-13,15-17H,4-5,8-9,14H2,1-3H3,(H2,23,25,26,27). The molecule has 0 aliphatic carbocycles. The van der Waals surface area contributed by atoms with Crippen LogP contribution in [0.1, 0.15) is 33.6 Å². The van der Waals surface area contributed by atoms with Crippen LogP contribution in [0.4, 0.5) is 17.5 Å². The van der Waals surface area contributed by atoms with Crippen LogP contribution in [0.3, 0.4) is 0 Å². The molecular weight excluding hydrogens is 348 g/mol. The number of nitrogens with zero attached hydrogens (tertiary/aromatic N) is 4. The van der Waals surface area contributed by atoms with Crippen LogP contribution in [-0.2, 0) is 0 Å². The highest BCUT2D eigenvalue weighted by molar-refractivity contribution is 5.82. The number of rotatable bonds is 10. The maximum atomic E-state index is 4.59. The van der Waals surface area contributed by atoms with Crippen molar-refractivity contribution >= 4 is 28.4 Å². The third-order valence-electron chi connectivity index (χ3n) is 4.90. The molecular formula is C22H30N6. The van der Waals surface area contributed by atoms with Gasteiger partial charge in [0.05, 0.1) is 17.4 Å². The fourth-order valence-corrected chi connectivity index (χ4v) is 3.24. The zero-order valence-electron chi connectivity index (χ0n) is 17.0. The van der Waals surface area contributed by atoms with E-state index in [4.69, 9.17) is 0 Å². The molecule has 0 spiro atoms. The lowest BCUT2D eigenvalue weighted by atomic mass is 10.2. The van der Waals surface area contributed by atoms with E-state index in [2.05, 4.69) is 63.4 Å². The molecule has 0 saturated carbocycles. The van der Waals surface area contributed by atoms with Gasteiger partial charge >= 0.3 is 0 Å². The van der Waals surface area contributed by atoms with Crippen molar-refractivity contribution in [1.29, 1.82) is 0 Å². The van der Waals surface area contributed by atoms with Crippen molar-refractivity contribution in [2.45, 2.75) is 39.7 Å². The molecule has 6 heteroatoms. The minimum absolute atomic E-state index is 0.327. The number of aromatic nitrogens is 3. The van der Waals surface area contributed by atoms with Gasteiger partial charge in [0.25, 0.3) is 0 Å². The van der Waals surface area contributed by atoms with Crippen molar-refractivity contribution in [3.63, 3.8) is 0 Å². The summed E-state index contributed by atoms with van der Waals surface area (Å²) in [7, 11) is 0. The molecule has 6 nitrogen and oxygen atoms in total. The van der Waals surface area contributed by atoms with Crippen LogP contribution in [0.2, 0.25) is 0 Å². The fraction of sp³-hybridized carbons (Fsp3) is 0.409. The second-order valence-corrected chi connectivity index (χ2v) is 7.02. The minimum Gasteiger partial charge on any atom is -0.352 e. The largest absolute Gasteiger partial charge is 0.352 e. The van der Waals surface area contributed by atoms with Crippen LogP contribution in [0.25, 0.3) is 10.9 Å². The molecule has 1 atom stereocenters. The van der Waals surface area contributed by atoms with E-state index in [1.807, 2.05) is 30.5 Å². The Morgan fingerprint density at radius 3 is 2.71 bits per heavy atom. The second kappa shape index (κ2) is 9.99. The van der Waals surface area contributed by atoms with Crippen LogP contribution in [0.5, 0.6) is 0 Å². The van der Waals surface area contributed by atoms with E-state index in [0.29, 0.717) is 12.0 Å². The topological polar surface area (TPSA) is 66.0 Å². The number of nitrogens with one attached hydrogen (secondary N) is 2. The van der Waals surface area contributed by atoms with E-state index >= 15 is 0 Å². The minimum atomic E-state index is 0.327. The second-order valence-electron chi connectivity index (χ2n) is 7.02. The van der Waals surface area contributed by atoms with E-state index in [0.717, 1.165) is 54.9 Å². The molecule has 0 bridgehead atoms. The zero-order valence-corrected chi connectivity index (χ0v) is 17.0. The van der Waals surface area contributed by atoms with Gasteiger partial charge < -0.3 is 15.5 Å². The van der Waals surface area contributed by atoms with Crippen molar-refractivity contribution in [2.24, 2.45) is 0 Å². The molecule has 2 heterocycles. The van der Waals surface area contributed by atoms with Crippen molar-refractivity contribution in [3.05, 3.63) is 48.8 Å². The smallest absolute Gasteiger partial charge is 0.224 e. The Morgan fingerprint density at radius 1 is 1.07 bits per heavy atom. The number of para-hydroxylation sites is 1. The molecule has 2 N–H and O–H groups in total. The Morgan fingerprint density at radius 2 is 1.89 bits per heavy atom. The maximum absolute atomic E-state index is 4.59. The predicted molar refractivity (Wildman–Crippen MR) is 117 cm³/mol. The number of benzene rings is 1. The first kappa shape index (κ1) is 20.0. The maximum Gasteiger partial charge on any atom is 0.224 e. The summed E-state index contributed by atoms with van der Waals surface area (Å²) in [6.07, 6.45) is 5.85. The van der Waals surface area contributed by atoms with Crippen LogP contribution in [0, 0.1) is 0 Å². The van der Waals surface area contributed by atoms with Crippen LogP contribution >= 0.6 is 0 Å². The molecule has 3 aromatic rings. The first-order valence-corrected chi connectivity index (χ1v) is 10.1. The number of anilines is 3. The van der Waals surface area contributed by atoms with Gasteiger partial charge in [0.15, 0.2) is 0 Å². The normalized spacial score (nSPS) is 12.3. The van der Waals surface area contributed by atoms with Crippen molar-refractivity contribution in [1.82, 2.24) is 19.9 Å². The highest BCUT2D eigenvalue weighted by Crippen LogP contribution is 2.19. The Bertz CT molecular complexity index is 878. The van der Waals surface area contributed by atoms with Gasteiger partial charge in [0.1, 0.15) is 5.82 Å². The third kappa shape index (κ3) is 5.63. The first-order chi connectivity index (χ1) is 13.7. The summed E-state index contributed by atoms with van der Waals surface area (Å²) < 4.78 is 0. The molecule has 0 fully saturated rings. The molecule has 0 amide bonds. The highest BCUT2D eigenvalue weighted by Gasteiger charge is 2.07. The van der Waals surface area contributed by atoms with E-state index in [9.17, 15) is 0 Å². The summed E-state index contributed by atoms with van der Waals surface area (Å²) >= 11 is 0. The van der Waals surface area contributed by atoms with Gasteiger partial charge in [-0.15, -0.1) is 0 Å². The summed E-state index contributed by atoms with van der Waals surface area (Å²) in [5.41, 5.74) is 1.90. The molecule has 2 aromatic heterocycles. The van der Waals surface area contributed by atoms with Crippen molar-refractivity contribution in [2.75, 3.05) is 30.3 Å². The lowest BCUT2D eigenvalue weighted by Crippen LogP contribution is -2.26. The summed E-state index contributed by atoms with van der Waals surface area (Å²) in [5, 5.41) is 7.83. The number of hydrogen-bond acceptors (Lipinski definition) is 6. The SMILES string of the molecule is CCN(CC)CCCC(C)Nc1nccc(Nc2cnc3ccccc3c2)n1. The van der Waals surface area contributed by atoms with Gasteiger partial charge in [-0.25, -0.2) is 4.98 Å². The summed E-state index contributed by atoms with van der Waals surface area (Å²) in [5.74, 6) is 1.40. The summed E-state index contributed by atoms with van der Waals surface area (Å²) in [6, 6.07) is 12.3. The quantitative estimate of drug-likeness (QED) is 0.533. The Hall–Kier alpha value is -2.73. The van der Waals surface area contributed by atoms with Gasteiger partial charge in [-0.1, -0.05) is 32.0 Å². The van der Waals surface area contributed by atoms with E-state index in [1.54, 1.807) is 6.20 Å². The molecule has 148 valence electrons. The lowest BCUT2D eigenvalue weighted by Gasteiger charge is -2.19. The predicted octanol–water partition coefficient (Wildman–Crippen LogP) is 4.69. The van der Waals surface area contributed by atoms with Gasteiger partial charge in [0, 0.05) is 17.6 Å². The number of pyridine rings is 1. The Labute approximate surface area is 167 Å². The molecule has 1 aromatic carbocycles. The van der Waals surface area contributed by atoms with Gasteiger partial charge in [-0.2, -0.15) is 4.98 Å². The average molecular weight is 379 g/mol. The molecule has 3 rings (SSSR count). The third-order valence-corrected chi connectivity index (χ3v) is 4.90. The highest BCUT2D eigenvalue weighted by atomic mass is 15.2. The van der Waals surface area contributed by atoms with Crippen LogP contribution < -0.4 is 10.6 Å². The lowest BCUT2D eigenvalue weighted by molar-refractivity contribution is 0.295. The molecule has 0 aliphatic heterocycles. The number of fused-ring (bicyclic) bond motifs is 1. The molecule has 0 radical (unpaired) electrons. The van der Waals surface area contributed by atoms with Gasteiger partial charge in [-0.05, 0) is 57.6 Å². The average Bonchev–Trinajstić information content (AvgIpc) is 2.71. The fourth-order valence-electron chi connectivity index (χ4n) is 3.24. The van der Waals surface area contributed by atoms with Gasteiger partial charge in [-0.3, -0.25) is 4.98 Å². The molecule has 28 heavy (non-hydrogen) atoms. The van der Waals surface area contributed by atoms with E-state index in [-0.39, 0.29) is 0 Å². The molecule has 1 unspecified atom stereocenters. The van der Waals surface area contributed by atoms with Crippen molar-refractivity contribution in [3.8, 4) is 0 Å². The van der Waals surface area contributed by atoms with Crippen molar-refractivity contribution < 1.29 is 0 Å².